The zero-order chi connectivity index (χ0) is 24.5. The van der Waals surface area contributed by atoms with Crippen LogP contribution in [0.25, 0.3) is 16.3 Å². The number of carbonyl (C=O) groups excluding carboxylic acids is 1. The van der Waals surface area contributed by atoms with Gasteiger partial charge >= 0.3 is 0 Å². The van der Waals surface area contributed by atoms with Crippen molar-refractivity contribution in [3.63, 3.8) is 0 Å². The van der Waals surface area contributed by atoms with Gasteiger partial charge in [-0.1, -0.05) is 29.8 Å². The largest absolute Gasteiger partial charge is 0.469 e. The molecule has 4 aromatic rings. The van der Waals surface area contributed by atoms with E-state index in [9.17, 15) is 9.90 Å². The summed E-state index contributed by atoms with van der Waals surface area (Å²) in [6.45, 7) is 6.26. The highest BCUT2D eigenvalue weighted by Crippen LogP contribution is 2.36. The first-order chi connectivity index (χ1) is 16.2. The number of pyridine rings is 1. The van der Waals surface area contributed by atoms with Gasteiger partial charge in [0.15, 0.2) is 4.88 Å². The normalized spacial score (nSPS) is 12.7. The molecule has 34 heavy (non-hydrogen) atoms. The fraction of sp³-hybridized carbons (Fsp3) is 0.292. The van der Waals surface area contributed by atoms with Crippen molar-refractivity contribution in [1.29, 1.82) is 0 Å². The van der Waals surface area contributed by atoms with E-state index in [1.54, 1.807) is 6.20 Å². The Kier molecular flexibility index (Phi) is 6.90. The van der Waals surface area contributed by atoms with E-state index < -0.39 is 17.6 Å². The Morgan fingerprint density at radius 1 is 1.35 bits per heavy atom. The molecule has 3 aromatic heterocycles. The summed E-state index contributed by atoms with van der Waals surface area (Å²) in [7, 11) is 0. The molecule has 10 heteroatoms. The minimum Gasteiger partial charge on any atom is -0.469 e. The van der Waals surface area contributed by atoms with Crippen LogP contribution in [0.5, 0.6) is 5.88 Å². The standard InChI is InChI=1S/C24H26ClN5O3S/c1-14(16-8-7-15(10-17(16)25)11-28-24(2,3)13-31)33-22-20(21(26)32)34-23(29-22)18-12-27-19-6-4-5-9-30(18)19/h4-10,12,14,28,31H,11,13H2,1-3H3,(H2,26,32). The van der Waals surface area contributed by atoms with Crippen molar-refractivity contribution < 1.29 is 14.6 Å². The first kappa shape index (κ1) is 24.2. The van der Waals surface area contributed by atoms with Crippen LogP contribution < -0.4 is 15.8 Å². The van der Waals surface area contributed by atoms with Crippen LogP contribution in [0, 0.1) is 0 Å². The van der Waals surface area contributed by atoms with Crippen molar-refractivity contribution in [2.24, 2.45) is 5.73 Å². The lowest BCUT2D eigenvalue weighted by Crippen LogP contribution is -2.42. The number of aromatic nitrogens is 3. The number of nitrogens with two attached hydrogens (primary N) is 1. The Morgan fingerprint density at radius 2 is 2.15 bits per heavy atom. The number of primary amides is 1. The van der Waals surface area contributed by atoms with Crippen LogP contribution >= 0.6 is 22.9 Å². The molecule has 0 aliphatic heterocycles. The summed E-state index contributed by atoms with van der Waals surface area (Å²) in [5.74, 6) is -0.448. The molecular formula is C24H26ClN5O3S. The quantitative estimate of drug-likeness (QED) is 0.318. The molecule has 0 saturated heterocycles. The van der Waals surface area contributed by atoms with Crippen LogP contribution in [0.15, 0.2) is 48.8 Å². The van der Waals surface area contributed by atoms with E-state index in [1.807, 2.05) is 67.8 Å². The van der Waals surface area contributed by atoms with Gasteiger partial charge in [-0.05, 0) is 44.5 Å². The zero-order valence-electron chi connectivity index (χ0n) is 19.1. The summed E-state index contributed by atoms with van der Waals surface area (Å²) in [6.07, 6.45) is 3.11. The SMILES string of the molecule is CC(Oc1nc(-c2cnc3ccccn23)sc1C(N)=O)c1ccc(CNC(C)(C)CO)cc1Cl. The van der Waals surface area contributed by atoms with Crippen LogP contribution in [-0.4, -0.2) is 37.5 Å². The van der Waals surface area contributed by atoms with Crippen LogP contribution in [-0.2, 0) is 6.54 Å². The summed E-state index contributed by atoms with van der Waals surface area (Å²) in [6, 6.07) is 11.4. The van der Waals surface area contributed by atoms with Gasteiger partial charge in [-0.25, -0.2) is 4.98 Å². The number of halogens is 1. The molecule has 4 N–H and O–H groups in total. The predicted molar refractivity (Wildman–Crippen MR) is 133 cm³/mol. The van der Waals surface area contributed by atoms with Crippen LogP contribution in [0.1, 0.15) is 47.7 Å². The summed E-state index contributed by atoms with van der Waals surface area (Å²) >= 11 is 7.71. The van der Waals surface area contributed by atoms with E-state index in [2.05, 4.69) is 15.3 Å². The molecule has 1 aromatic carbocycles. The maximum atomic E-state index is 12.1. The number of ether oxygens (including phenoxy) is 1. The van der Waals surface area contributed by atoms with E-state index in [0.717, 1.165) is 33.8 Å². The van der Waals surface area contributed by atoms with E-state index in [0.29, 0.717) is 16.6 Å². The average molecular weight is 500 g/mol. The van der Waals surface area contributed by atoms with E-state index >= 15 is 0 Å². The number of hydrogen-bond acceptors (Lipinski definition) is 7. The Hall–Kier alpha value is -2.98. The smallest absolute Gasteiger partial charge is 0.264 e. The van der Waals surface area contributed by atoms with Gasteiger partial charge in [0.1, 0.15) is 22.5 Å². The lowest BCUT2D eigenvalue weighted by Gasteiger charge is -2.24. The number of nitrogens with one attached hydrogen (secondary N) is 1. The molecule has 0 aliphatic carbocycles. The second kappa shape index (κ2) is 9.71. The van der Waals surface area contributed by atoms with Gasteiger partial charge in [-0.15, -0.1) is 11.3 Å². The second-order valence-electron chi connectivity index (χ2n) is 8.60. The number of amides is 1. The predicted octanol–water partition coefficient (Wildman–Crippen LogP) is 4.21. The molecule has 8 nitrogen and oxygen atoms in total. The molecule has 0 radical (unpaired) electrons. The number of rotatable bonds is 9. The van der Waals surface area contributed by atoms with Gasteiger partial charge < -0.3 is 20.9 Å². The second-order valence-corrected chi connectivity index (χ2v) is 10.0. The summed E-state index contributed by atoms with van der Waals surface area (Å²) in [4.78, 5) is 21.3. The van der Waals surface area contributed by atoms with Gasteiger partial charge in [0.25, 0.3) is 5.91 Å². The maximum Gasteiger partial charge on any atom is 0.264 e. The Bertz CT molecular complexity index is 1330. The summed E-state index contributed by atoms with van der Waals surface area (Å²) in [5.41, 5.74) is 8.47. The number of carbonyl (C=O) groups is 1. The number of fused-ring (bicyclic) bond motifs is 1. The molecule has 1 amide bonds. The molecule has 0 bridgehead atoms. The van der Waals surface area contributed by atoms with Crippen molar-refractivity contribution in [1.82, 2.24) is 19.7 Å². The lowest BCUT2D eigenvalue weighted by molar-refractivity contribution is 0.0997. The highest BCUT2D eigenvalue weighted by atomic mass is 35.5. The topological polar surface area (TPSA) is 115 Å². The lowest BCUT2D eigenvalue weighted by atomic mass is 10.0. The van der Waals surface area contributed by atoms with Gasteiger partial charge in [-0.3, -0.25) is 9.20 Å². The van der Waals surface area contributed by atoms with Gasteiger partial charge in [0.05, 0.1) is 12.8 Å². The third-order valence-electron chi connectivity index (χ3n) is 5.41. The molecule has 0 aliphatic rings. The van der Waals surface area contributed by atoms with Crippen LogP contribution in [0.4, 0.5) is 0 Å². The molecule has 1 atom stereocenters. The maximum absolute atomic E-state index is 12.1. The van der Waals surface area contributed by atoms with Crippen molar-refractivity contribution in [3.05, 3.63) is 69.8 Å². The third-order valence-corrected chi connectivity index (χ3v) is 6.81. The van der Waals surface area contributed by atoms with Crippen molar-refractivity contribution in [2.45, 2.75) is 39.0 Å². The third kappa shape index (κ3) is 5.07. The molecule has 3 heterocycles. The van der Waals surface area contributed by atoms with Crippen LogP contribution in [0.3, 0.4) is 0 Å². The zero-order valence-corrected chi connectivity index (χ0v) is 20.7. The molecule has 0 saturated carbocycles. The first-order valence-corrected chi connectivity index (χ1v) is 11.9. The molecule has 1 unspecified atom stereocenters. The Balaban J connectivity index is 1.57. The number of hydrogen-bond donors (Lipinski definition) is 3. The fourth-order valence-electron chi connectivity index (χ4n) is 3.38. The molecule has 0 fully saturated rings. The van der Waals surface area contributed by atoms with E-state index in [-0.39, 0.29) is 17.4 Å². The molecule has 178 valence electrons. The first-order valence-electron chi connectivity index (χ1n) is 10.7. The molecule has 4 rings (SSSR count). The Morgan fingerprint density at radius 3 is 2.85 bits per heavy atom. The number of aliphatic hydroxyl groups is 1. The summed E-state index contributed by atoms with van der Waals surface area (Å²) < 4.78 is 7.96. The average Bonchev–Trinajstić information content (AvgIpc) is 3.42. The van der Waals surface area contributed by atoms with Crippen LogP contribution in [0.2, 0.25) is 5.02 Å². The number of imidazole rings is 1. The highest BCUT2D eigenvalue weighted by Gasteiger charge is 2.23. The van der Waals surface area contributed by atoms with Gasteiger partial charge in [-0.2, -0.15) is 4.98 Å². The number of aliphatic hydroxyl groups excluding tert-OH is 1. The number of thiazole rings is 1. The molecule has 0 spiro atoms. The van der Waals surface area contributed by atoms with E-state index in [4.69, 9.17) is 22.1 Å². The molecular weight excluding hydrogens is 474 g/mol. The van der Waals surface area contributed by atoms with Crippen molar-refractivity contribution in [3.8, 4) is 16.6 Å². The summed E-state index contributed by atoms with van der Waals surface area (Å²) in [5, 5.41) is 13.8. The van der Waals surface area contributed by atoms with E-state index in [1.165, 1.54) is 0 Å². The van der Waals surface area contributed by atoms with Gasteiger partial charge in [0.2, 0.25) is 5.88 Å². The van der Waals surface area contributed by atoms with Gasteiger partial charge in [0, 0.05) is 28.9 Å². The highest BCUT2D eigenvalue weighted by molar-refractivity contribution is 7.17. The van der Waals surface area contributed by atoms with Crippen molar-refractivity contribution in [2.75, 3.05) is 6.61 Å². The Labute approximate surface area is 206 Å². The minimum absolute atomic E-state index is 0.0244. The number of nitrogens with zero attached hydrogens (tertiary/aromatic N) is 3. The number of benzene rings is 1. The monoisotopic (exact) mass is 499 g/mol. The fourth-order valence-corrected chi connectivity index (χ4v) is 4.60. The minimum atomic E-state index is -0.612. The van der Waals surface area contributed by atoms with Crippen molar-refractivity contribution >= 4 is 34.5 Å².